The van der Waals surface area contributed by atoms with Gasteiger partial charge in [0, 0.05) is 19.4 Å². The smallest absolute Gasteiger partial charge is 0.172 e. The van der Waals surface area contributed by atoms with E-state index in [2.05, 4.69) is 26.8 Å². The molecule has 5 rings (SSSR count). The van der Waals surface area contributed by atoms with Crippen molar-refractivity contribution >= 4 is 0 Å². The van der Waals surface area contributed by atoms with Crippen LogP contribution in [0.25, 0.3) is 0 Å². The Labute approximate surface area is 164 Å². The van der Waals surface area contributed by atoms with Crippen molar-refractivity contribution in [3.05, 3.63) is 11.6 Å². The highest BCUT2D eigenvalue weighted by Gasteiger charge is 2.60. The third kappa shape index (κ3) is 2.57. The standard InChI is InChI=1S/C24H38O3/c1-16(15-25)19-6-7-20-18-5-4-17-14-24(26-12-13-27-24)11-10-22(17,2)21(18)8-9-23(19,20)3/h4,16,18-21,25H,5-15H2,1-3H3/t16?,18-,19+,20-,21-,22-,23+/m0/s1. The first-order chi connectivity index (χ1) is 12.9. The quantitative estimate of drug-likeness (QED) is 0.696. The van der Waals surface area contributed by atoms with Crippen molar-refractivity contribution in [3.8, 4) is 0 Å². The molecule has 3 heteroatoms. The van der Waals surface area contributed by atoms with Gasteiger partial charge in [0.15, 0.2) is 5.79 Å². The summed E-state index contributed by atoms with van der Waals surface area (Å²) >= 11 is 0. The second kappa shape index (κ2) is 6.31. The number of allylic oxidation sites excluding steroid dienone is 1. The Morgan fingerprint density at radius 1 is 1.07 bits per heavy atom. The molecule has 4 fully saturated rings. The van der Waals surface area contributed by atoms with E-state index in [-0.39, 0.29) is 5.79 Å². The second-order valence-electron chi connectivity index (χ2n) is 10.9. The molecule has 1 unspecified atom stereocenters. The van der Waals surface area contributed by atoms with Crippen molar-refractivity contribution < 1.29 is 14.6 Å². The van der Waals surface area contributed by atoms with Crippen LogP contribution in [0.2, 0.25) is 0 Å². The molecule has 0 amide bonds. The summed E-state index contributed by atoms with van der Waals surface area (Å²) in [6.07, 6.45) is 12.6. The molecule has 3 nitrogen and oxygen atoms in total. The zero-order valence-electron chi connectivity index (χ0n) is 17.5. The van der Waals surface area contributed by atoms with Crippen LogP contribution < -0.4 is 0 Å². The maximum absolute atomic E-state index is 9.80. The van der Waals surface area contributed by atoms with Gasteiger partial charge >= 0.3 is 0 Å². The van der Waals surface area contributed by atoms with Crippen LogP contribution in [-0.2, 0) is 9.47 Å². The minimum Gasteiger partial charge on any atom is -0.396 e. The molecule has 0 radical (unpaired) electrons. The molecule has 5 aliphatic rings. The minimum absolute atomic E-state index is 0.295. The second-order valence-corrected chi connectivity index (χ2v) is 10.9. The molecule has 1 spiro atoms. The van der Waals surface area contributed by atoms with Gasteiger partial charge in [0.1, 0.15) is 0 Å². The van der Waals surface area contributed by atoms with Gasteiger partial charge in [-0.15, -0.1) is 0 Å². The lowest BCUT2D eigenvalue weighted by molar-refractivity contribution is -0.185. The van der Waals surface area contributed by atoms with Gasteiger partial charge in [0.05, 0.1) is 13.2 Å². The molecule has 0 aromatic carbocycles. The first-order valence-corrected chi connectivity index (χ1v) is 11.5. The molecule has 4 aliphatic carbocycles. The monoisotopic (exact) mass is 374 g/mol. The number of ether oxygens (including phenoxy) is 2. The lowest BCUT2D eigenvalue weighted by Crippen LogP contribution is -2.52. The zero-order valence-corrected chi connectivity index (χ0v) is 17.5. The summed E-state index contributed by atoms with van der Waals surface area (Å²) in [5.74, 6) is 3.39. The fraction of sp³-hybridized carbons (Fsp3) is 0.917. The number of hydrogen-bond donors (Lipinski definition) is 1. The summed E-state index contributed by atoms with van der Waals surface area (Å²) < 4.78 is 12.1. The average Bonchev–Trinajstić information content (AvgIpc) is 3.26. The zero-order chi connectivity index (χ0) is 18.9. The maximum Gasteiger partial charge on any atom is 0.172 e. The molecule has 7 atom stereocenters. The van der Waals surface area contributed by atoms with Gasteiger partial charge in [-0.2, -0.15) is 0 Å². The molecule has 1 heterocycles. The molecule has 0 aromatic heterocycles. The van der Waals surface area contributed by atoms with E-state index in [0.717, 1.165) is 43.8 Å². The van der Waals surface area contributed by atoms with Crippen LogP contribution in [0.15, 0.2) is 11.6 Å². The Balaban J connectivity index is 1.42. The van der Waals surface area contributed by atoms with Gasteiger partial charge in [-0.3, -0.25) is 0 Å². The Bertz CT molecular complexity index is 621. The largest absolute Gasteiger partial charge is 0.396 e. The molecule has 152 valence electrons. The highest BCUT2D eigenvalue weighted by atomic mass is 16.7. The SMILES string of the molecule is CC(CO)[C@H]1CC[C@H]2[C@@H]3CC=C4CC5(CC[C@]4(C)[C@H]3CC[C@]12C)OCCO5. The van der Waals surface area contributed by atoms with E-state index in [9.17, 15) is 5.11 Å². The molecular weight excluding hydrogens is 336 g/mol. The van der Waals surface area contributed by atoms with Crippen LogP contribution in [0, 0.1) is 40.4 Å². The lowest BCUT2D eigenvalue weighted by Gasteiger charge is -2.59. The van der Waals surface area contributed by atoms with Gasteiger partial charge in [-0.25, -0.2) is 0 Å². The molecule has 3 saturated carbocycles. The van der Waals surface area contributed by atoms with Crippen LogP contribution in [0.5, 0.6) is 0 Å². The summed E-state index contributed by atoms with van der Waals surface area (Å²) in [5, 5.41) is 9.80. The van der Waals surface area contributed by atoms with Crippen LogP contribution in [0.3, 0.4) is 0 Å². The third-order valence-corrected chi connectivity index (χ3v) is 9.97. The first kappa shape index (κ1) is 18.6. The summed E-state index contributed by atoms with van der Waals surface area (Å²) in [6, 6.07) is 0. The Morgan fingerprint density at radius 3 is 2.59 bits per heavy atom. The average molecular weight is 375 g/mol. The van der Waals surface area contributed by atoms with Crippen LogP contribution in [0.1, 0.15) is 72.1 Å². The topological polar surface area (TPSA) is 38.7 Å². The normalized spacial score (nSPS) is 49.3. The molecule has 0 aromatic rings. The van der Waals surface area contributed by atoms with Gasteiger partial charge in [-0.1, -0.05) is 32.4 Å². The lowest BCUT2D eigenvalue weighted by atomic mass is 9.47. The Kier molecular flexibility index (Phi) is 4.35. The van der Waals surface area contributed by atoms with E-state index in [4.69, 9.17) is 9.47 Å². The van der Waals surface area contributed by atoms with E-state index >= 15 is 0 Å². The first-order valence-electron chi connectivity index (χ1n) is 11.5. The number of aliphatic hydroxyl groups is 1. The van der Waals surface area contributed by atoms with E-state index in [1.54, 1.807) is 5.57 Å². The van der Waals surface area contributed by atoms with Gasteiger partial charge in [-0.05, 0) is 78.9 Å². The van der Waals surface area contributed by atoms with Crippen molar-refractivity contribution in [1.29, 1.82) is 0 Å². The predicted molar refractivity (Wildman–Crippen MR) is 106 cm³/mol. The Morgan fingerprint density at radius 2 is 1.85 bits per heavy atom. The van der Waals surface area contributed by atoms with Crippen LogP contribution in [0.4, 0.5) is 0 Å². The maximum atomic E-state index is 9.80. The minimum atomic E-state index is -0.295. The third-order valence-electron chi connectivity index (χ3n) is 9.97. The van der Waals surface area contributed by atoms with E-state index < -0.39 is 0 Å². The van der Waals surface area contributed by atoms with Crippen molar-refractivity contribution in [1.82, 2.24) is 0 Å². The molecule has 1 N–H and O–H groups in total. The summed E-state index contributed by atoms with van der Waals surface area (Å²) in [7, 11) is 0. The van der Waals surface area contributed by atoms with Crippen molar-refractivity contribution in [2.75, 3.05) is 19.8 Å². The van der Waals surface area contributed by atoms with E-state index in [1.165, 1.54) is 38.5 Å². The molecule has 1 aliphatic heterocycles. The van der Waals surface area contributed by atoms with Gasteiger partial charge < -0.3 is 14.6 Å². The molecule has 0 bridgehead atoms. The van der Waals surface area contributed by atoms with Gasteiger partial charge in [0.25, 0.3) is 0 Å². The van der Waals surface area contributed by atoms with Crippen molar-refractivity contribution in [2.45, 2.75) is 77.9 Å². The van der Waals surface area contributed by atoms with Gasteiger partial charge in [0.2, 0.25) is 0 Å². The number of rotatable bonds is 2. The van der Waals surface area contributed by atoms with Crippen LogP contribution >= 0.6 is 0 Å². The highest BCUT2D eigenvalue weighted by molar-refractivity contribution is 5.26. The molecule has 1 saturated heterocycles. The summed E-state index contributed by atoms with van der Waals surface area (Å²) in [5.41, 5.74) is 2.43. The fourth-order valence-electron chi connectivity index (χ4n) is 8.45. The fourth-order valence-corrected chi connectivity index (χ4v) is 8.45. The van der Waals surface area contributed by atoms with E-state index in [0.29, 0.717) is 29.3 Å². The van der Waals surface area contributed by atoms with E-state index in [1.807, 2.05) is 0 Å². The van der Waals surface area contributed by atoms with Crippen molar-refractivity contribution in [3.63, 3.8) is 0 Å². The predicted octanol–water partition coefficient (Wildman–Crippen LogP) is 4.94. The van der Waals surface area contributed by atoms with Crippen molar-refractivity contribution in [2.24, 2.45) is 40.4 Å². The number of fused-ring (bicyclic) bond motifs is 5. The summed E-state index contributed by atoms with van der Waals surface area (Å²) in [6.45, 7) is 9.28. The van der Waals surface area contributed by atoms with Crippen LogP contribution in [-0.4, -0.2) is 30.7 Å². The number of hydrogen-bond acceptors (Lipinski definition) is 3. The number of aliphatic hydroxyl groups excluding tert-OH is 1. The molecule has 27 heavy (non-hydrogen) atoms. The molecular formula is C24H38O3. The summed E-state index contributed by atoms with van der Waals surface area (Å²) in [4.78, 5) is 0. The highest BCUT2D eigenvalue weighted by Crippen LogP contribution is 2.67. The Hall–Kier alpha value is -0.380.